The lowest BCUT2D eigenvalue weighted by atomic mass is 9.83. The van der Waals surface area contributed by atoms with Crippen LogP contribution in [0.4, 0.5) is 0 Å². The molecule has 7 heteroatoms. The number of aromatic amines is 1. The van der Waals surface area contributed by atoms with E-state index in [0.717, 1.165) is 5.56 Å². The van der Waals surface area contributed by atoms with Crippen LogP contribution in [0.2, 0.25) is 0 Å². The molecule has 1 aromatic heterocycles. The second kappa shape index (κ2) is 8.86. The van der Waals surface area contributed by atoms with E-state index in [0.29, 0.717) is 41.3 Å². The minimum Gasteiger partial charge on any atom is -0.497 e. The van der Waals surface area contributed by atoms with Gasteiger partial charge in [0, 0.05) is 24.2 Å². The maximum atomic E-state index is 13.0. The molecule has 0 saturated carbocycles. The SMILES string of the molecule is COc1ccc(-c2[nH]ncc2C(=O)NC[C@H]2CCCN3CCCC[C@@H]23)c(OC)c1. The fourth-order valence-corrected chi connectivity index (χ4v) is 4.80. The van der Waals surface area contributed by atoms with E-state index in [2.05, 4.69) is 20.4 Å². The van der Waals surface area contributed by atoms with Crippen LogP contribution in [0.3, 0.4) is 0 Å². The molecule has 0 unspecified atom stereocenters. The Morgan fingerprint density at radius 2 is 2.07 bits per heavy atom. The molecule has 29 heavy (non-hydrogen) atoms. The van der Waals surface area contributed by atoms with Gasteiger partial charge in [0.25, 0.3) is 5.91 Å². The number of carbonyl (C=O) groups is 1. The van der Waals surface area contributed by atoms with E-state index in [4.69, 9.17) is 9.47 Å². The monoisotopic (exact) mass is 398 g/mol. The second-order valence-corrected chi connectivity index (χ2v) is 7.94. The average Bonchev–Trinajstić information content (AvgIpc) is 3.26. The number of ether oxygens (including phenoxy) is 2. The lowest BCUT2D eigenvalue weighted by molar-refractivity contribution is 0.0576. The number of hydrogen-bond donors (Lipinski definition) is 2. The summed E-state index contributed by atoms with van der Waals surface area (Å²) in [4.78, 5) is 15.6. The van der Waals surface area contributed by atoms with Crippen molar-refractivity contribution in [2.24, 2.45) is 5.92 Å². The standard InChI is InChI=1S/C22H30N4O3/c1-28-16-8-9-17(20(12-16)29-2)21-18(14-24-25-21)22(27)23-13-15-6-5-11-26-10-4-3-7-19(15)26/h8-9,12,14-15,19H,3-7,10-11,13H2,1-2H3,(H,23,27)(H,24,25)/t15-,19+/m1/s1. The molecule has 0 bridgehead atoms. The third-order valence-electron chi connectivity index (χ3n) is 6.32. The van der Waals surface area contributed by atoms with Crippen molar-refractivity contribution in [1.82, 2.24) is 20.4 Å². The Balaban J connectivity index is 1.48. The molecule has 0 radical (unpaired) electrons. The van der Waals surface area contributed by atoms with Crippen molar-refractivity contribution in [2.45, 2.75) is 38.1 Å². The number of nitrogens with one attached hydrogen (secondary N) is 2. The van der Waals surface area contributed by atoms with Gasteiger partial charge in [-0.25, -0.2) is 0 Å². The number of piperidine rings is 2. The van der Waals surface area contributed by atoms with Gasteiger partial charge in [-0.3, -0.25) is 9.89 Å². The van der Waals surface area contributed by atoms with Crippen molar-refractivity contribution >= 4 is 5.91 Å². The number of nitrogens with zero attached hydrogens (tertiary/aromatic N) is 2. The van der Waals surface area contributed by atoms with Crippen molar-refractivity contribution < 1.29 is 14.3 Å². The van der Waals surface area contributed by atoms with Gasteiger partial charge in [0.15, 0.2) is 0 Å². The summed E-state index contributed by atoms with van der Waals surface area (Å²) in [7, 11) is 3.22. The molecule has 2 aromatic rings. The first-order chi connectivity index (χ1) is 14.2. The van der Waals surface area contributed by atoms with Crippen LogP contribution in [0, 0.1) is 5.92 Å². The molecule has 3 heterocycles. The number of aromatic nitrogens is 2. The zero-order valence-electron chi connectivity index (χ0n) is 17.2. The first-order valence-corrected chi connectivity index (χ1v) is 10.5. The topological polar surface area (TPSA) is 79.5 Å². The first-order valence-electron chi connectivity index (χ1n) is 10.5. The van der Waals surface area contributed by atoms with E-state index in [1.807, 2.05) is 12.1 Å². The molecule has 4 rings (SSSR count). The van der Waals surface area contributed by atoms with Gasteiger partial charge in [0.1, 0.15) is 11.5 Å². The number of rotatable bonds is 6. The smallest absolute Gasteiger partial charge is 0.255 e. The van der Waals surface area contributed by atoms with Crippen LogP contribution in [0.15, 0.2) is 24.4 Å². The molecule has 0 spiro atoms. The number of amides is 1. The number of fused-ring (bicyclic) bond motifs is 1. The summed E-state index contributed by atoms with van der Waals surface area (Å²) in [5.74, 6) is 1.76. The minimum atomic E-state index is -0.0976. The quantitative estimate of drug-likeness (QED) is 0.782. The largest absolute Gasteiger partial charge is 0.497 e. The highest BCUT2D eigenvalue weighted by Crippen LogP contribution is 2.34. The summed E-state index contributed by atoms with van der Waals surface area (Å²) in [6.07, 6.45) is 7.85. The lowest BCUT2D eigenvalue weighted by Crippen LogP contribution is -2.51. The summed E-state index contributed by atoms with van der Waals surface area (Å²) >= 11 is 0. The zero-order chi connectivity index (χ0) is 20.2. The Bertz CT molecular complexity index is 848. The van der Waals surface area contributed by atoms with E-state index in [9.17, 15) is 4.79 Å². The fourth-order valence-electron chi connectivity index (χ4n) is 4.80. The van der Waals surface area contributed by atoms with Gasteiger partial charge in [-0.15, -0.1) is 0 Å². The lowest BCUT2D eigenvalue weighted by Gasteiger charge is -2.44. The highest BCUT2D eigenvalue weighted by molar-refractivity contribution is 6.00. The van der Waals surface area contributed by atoms with Gasteiger partial charge < -0.3 is 19.7 Å². The Labute approximate surface area is 171 Å². The Hall–Kier alpha value is -2.54. The maximum absolute atomic E-state index is 13.0. The Morgan fingerprint density at radius 1 is 1.21 bits per heavy atom. The van der Waals surface area contributed by atoms with Crippen molar-refractivity contribution in [2.75, 3.05) is 33.9 Å². The second-order valence-electron chi connectivity index (χ2n) is 7.94. The summed E-state index contributed by atoms with van der Waals surface area (Å²) in [5.41, 5.74) is 1.97. The van der Waals surface area contributed by atoms with Crippen molar-refractivity contribution in [3.63, 3.8) is 0 Å². The molecule has 1 amide bonds. The van der Waals surface area contributed by atoms with Gasteiger partial charge in [0.2, 0.25) is 0 Å². The van der Waals surface area contributed by atoms with E-state index < -0.39 is 0 Å². The third kappa shape index (κ3) is 4.10. The average molecular weight is 399 g/mol. The number of benzene rings is 1. The van der Waals surface area contributed by atoms with Crippen LogP contribution in [0.5, 0.6) is 11.5 Å². The van der Waals surface area contributed by atoms with E-state index in [1.54, 1.807) is 26.5 Å². The van der Waals surface area contributed by atoms with Crippen LogP contribution in [0.25, 0.3) is 11.3 Å². The van der Waals surface area contributed by atoms with Crippen LogP contribution >= 0.6 is 0 Å². The molecule has 156 valence electrons. The van der Waals surface area contributed by atoms with E-state index >= 15 is 0 Å². The normalized spacial score (nSPS) is 22.0. The Kier molecular flexibility index (Phi) is 6.04. The van der Waals surface area contributed by atoms with Crippen LogP contribution in [0.1, 0.15) is 42.5 Å². The third-order valence-corrected chi connectivity index (χ3v) is 6.32. The predicted octanol–water partition coefficient (Wildman–Crippen LogP) is 3.09. The summed E-state index contributed by atoms with van der Waals surface area (Å²) in [5, 5.41) is 10.2. The van der Waals surface area contributed by atoms with Crippen LogP contribution < -0.4 is 14.8 Å². The highest BCUT2D eigenvalue weighted by Gasteiger charge is 2.33. The summed E-state index contributed by atoms with van der Waals surface area (Å²) in [6, 6.07) is 6.14. The van der Waals surface area contributed by atoms with Gasteiger partial charge in [0.05, 0.1) is 31.7 Å². The van der Waals surface area contributed by atoms with Crippen molar-refractivity contribution in [3.8, 4) is 22.8 Å². The number of hydrogen-bond acceptors (Lipinski definition) is 5. The summed E-state index contributed by atoms with van der Waals surface area (Å²) < 4.78 is 10.8. The maximum Gasteiger partial charge on any atom is 0.255 e. The molecule has 0 aliphatic carbocycles. The number of H-pyrrole nitrogens is 1. The van der Waals surface area contributed by atoms with Crippen molar-refractivity contribution in [1.29, 1.82) is 0 Å². The first kappa shape index (κ1) is 19.8. The molecule has 7 nitrogen and oxygen atoms in total. The molecular formula is C22H30N4O3. The molecule has 2 saturated heterocycles. The van der Waals surface area contributed by atoms with E-state index in [1.165, 1.54) is 45.2 Å². The van der Waals surface area contributed by atoms with Gasteiger partial charge in [-0.05, 0) is 56.8 Å². The van der Waals surface area contributed by atoms with Gasteiger partial charge in [-0.2, -0.15) is 5.10 Å². The summed E-state index contributed by atoms with van der Waals surface area (Å²) in [6.45, 7) is 3.13. The molecule has 2 fully saturated rings. The van der Waals surface area contributed by atoms with E-state index in [-0.39, 0.29) is 5.91 Å². The molecule has 1 aromatic carbocycles. The predicted molar refractivity (Wildman–Crippen MR) is 111 cm³/mol. The van der Waals surface area contributed by atoms with Crippen LogP contribution in [-0.2, 0) is 0 Å². The zero-order valence-corrected chi connectivity index (χ0v) is 17.2. The van der Waals surface area contributed by atoms with Crippen LogP contribution in [-0.4, -0.2) is 60.9 Å². The minimum absolute atomic E-state index is 0.0976. The fraction of sp³-hybridized carbons (Fsp3) is 0.545. The molecular weight excluding hydrogens is 368 g/mol. The van der Waals surface area contributed by atoms with Gasteiger partial charge >= 0.3 is 0 Å². The highest BCUT2D eigenvalue weighted by atomic mass is 16.5. The molecule has 2 atom stereocenters. The number of carbonyl (C=O) groups excluding carboxylic acids is 1. The van der Waals surface area contributed by atoms with Crippen molar-refractivity contribution in [3.05, 3.63) is 30.0 Å². The Morgan fingerprint density at radius 3 is 2.90 bits per heavy atom. The molecule has 2 aliphatic rings. The molecule has 2 N–H and O–H groups in total. The molecule has 2 aliphatic heterocycles. The number of methoxy groups -OCH3 is 2. The van der Waals surface area contributed by atoms with Gasteiger partial charge in [-0.1, -0.05) is 6.42 Å².